The van der Waals surface area contributed by atoms with Gasteiger partial charge in [-0.1, -0.05) is 41.9 Å². The molecule has 2 rings (SSSR count). The Balaban J connectivity index is 1.90. The molecule has 0 saturated heterocycles. The van der Waals surface area contributed by atoms with Crippen molar-refractivity contribution in [1.82, 2.24) is 0 Å². The molecule has 0 heterocycles. The maximum atomic E-state index is 12.2. The van der Waals surface area contributed by atoms with Crippen molar-refractivity contribution in [2.75, 3.05) is 5.32 Å². The summed E-state index contributed by atoms with van der Waals surface area (Å²) in [6.45, 7) is -1.61. The first-order valence-corrected chi connectivity index (χ1v) is 8.22. The van der Waals surface area contributed by atoms with Crippen molar-refractivity contribution in [3.63, 3.8) is 0 Å². The van der Waals surface area contributed by atoms with Crippen LogP contribution in [0.3, 0.4) is 0 Å². The number of ether oxygens (including phenoxy) is 2. The van der Waals surface area contributed by atoms with Gasteiger partial charge in [0.1, 0.15) is 5.75 Å². The Kier molecular flexibility index (Phi) is 7.31. The van der Waals surface area contributed by atoms with E-state index in [-0.39, 0.29) is 16.5 Å². The first kappa shape index (κ1) is 20.4. The molecule has 1 unspecified atom stereocenters. The zero-order valence-electron chi connectivity index (χ0n) is 14.2. The summed E-state index contributed by atoms with van der Waals surface area (Å²) in [7, 11) is 0. The zero-order chi connectivity index (χ0) is 19.8. The van der Waals surface area contributed by atoms with Crippen LogP contribution in [0.25, 0.3) is 6.08 Å². The molecule has 27 heavy (non-hydrogen) atoms. The van der Waals surface area contributed by atoms with Gasteiger partial charge in [0.05, 0.1) is 5.02 Å². The average Bonchev–Trinajstić information content (AvgIpc) is 2.62. The van der Waals surface area contributed by atoms with Crippen LogP contribution in [0.15, 0.2) is 54.6 Å². The highest BCUT2D eigenvalue weighted by Gasteiger charge is 2.17. The average molecular weight is 396 g/mol. The second kappa shape index (κ2) is 9.68. The molecule has 1 N–H and O–H groups in total. The Morgan fingerprint density at radius 3 is 2.48 bits per heavy atom. The molecule has 1 atom stereocenters. The second-order valence-corrected chi connectivity index (χ2v) is 5.74. The predicted molar refractivity (Wildman–Crippen MR) is 97.7 cm³/mol. The zero-order valence-corrected chi connectivity index (χ0v) is 15.0. The molecule has 0 spiro atoms. The summed E-state index contributed by atoms with van der Waals surface area (Å²) < 4.78 is 33.6. The smallest absolute Gasteiger partial charge is 0.387 e. The van der Waals surface area contributed by atoms with Gasteiger partial charge in [-0.2, -0.15) is 8.78 Å². The van der Waals surface area contributed by atoms with Gasteiger partial charge in [0.25, 0.3) is 5.91 Å². The van der Waals surface area contributed by atoms with Crippen LogP contribution in [0, 0.1) is 0 Å². The number of carbonyl (C=O) groups is 2. The van der Waals surface area contributed by atoms with E-state index < -0.39 is 24.6 Å². The molecule has 0 aromatic heterocycles. The van der Waals surface area contributed by atoms with Crippen LogP contribution in [0.2, 0.25) is 5.02 Å². The Labute approximate surface area is 159 Å². The quantitative estimate of drug-likeness (QED) is 0.552. The third-order valence-electron chi connectivity index (χ3n) is 3.29. The van der Waals surface area contributed by atoms with Gasteiger partial charge in [-0.15, -0.1) is 0 Å². The van der Waals surface area contributed by atoms with Gasteiger partial charge in [-0.3, -0.25) is 4.79 Å². The van der Waals surface area contributed by atoms with Crippen LogP contribution in [0.4, 0.5) is 14.5 Å². The highest BCUT2D eigenvalue weighted by Crippen LogP contribution is 2.29. The summed E-state index contributed by atoms with van der Waals surface area (Å²) in [5.74, 6) is -1.49. The number of alkyl halides is 2. The maximum absolute atomic E-state index is 12.2. The van der Waals surface area contributed by atoms with E-state index in [4.69, 9.17) is 16.3 Å². The number of nitrogens with one attached hydrogen (secondary N) is 1. The van der Waals surface area contributed by atoms with Crippen molar-refractivity contribution in [2.45, 2.75) is 19.6 Å². The van der Waals surface area contributed by atoms with Crippen molar-refractivity contribution in [2.24, 2.45) is 0 Å². The Hall–Kier alpha value is -2.93. The second-order valence-electron chi connectivity index (χ2n) is 5.34. The highest BCUT2D eigenvalue weighted by molar-refractivity contribution is 6.32. The van der Waals surface area contributed by atoms with E-state index in [2.05, 4.69) is 10.1 Å². The van der Waals surface area contributed by atoms with E-state index in [0.717, 1.165) is 5.56 Å². The lowest BCUT2D eigenvalue weighted by atomic mass is 10.2. The van der Waals surface area contributed by atoms with Gasteiger partial charge < -0.3 is 14.8 Å². The van der Waals surface area contributed by atoms with E-state index in [1.54, 1.807) is 6.08 Å². The van der Waals surface area contributed by atoms with Crippen LogP contribution in [0.1, 0.15) is 12.5 Å². The van der Waals surface area contributed by atoms with Crippen molar-refractivity contribution < 1.29 is 27.8 Å². The molecule has 0 aliphatic carbocycles. The summed E-state index contributed by atoms with van der Waals surface area (Å²) in [5, 5.41) is 2.38. The van der Waals surface area contributed by atoms with E-state index in [1.807, 2.05) is 30.3 Å². The van der Waals surface area contributed by atoms with Gasteiger partial charge in [-0.25, -0.2) is 4.79 Å². The van der Waals surface area contributed by atoms with E-state index in [1.165, 1.54) is 31.2 Å². The monoisotopic (exact) mass is 395 g/mol. The van der Waals surface area contributed by atoms with Crippen molar-refractivity contribution in [3.05, 3.63) is 65.2 Å². The van der Waals surface area contributed by atoms with E-state index in [9.17, 15) is 18.4 Å². The number of rotatable bonds is 7. The molecule has 2 aromatic rings. The molecule has 0 aliphatic rings. The standard InChI is InChI=1S/C19H16ClF2NO4/c1-12(26-17(24)10-7-13-5-3-2-4-6-13)18(25)23-14-8-9-16(15(20)11-14)27-19(21)22/h2-12,19H,1H3,(H,23,25)/b10-7+. The van der Waals surface area contributed by atoms with Gasteiger partial charge >= 0.3 is 12.6 Å². The summed E-state index contributed by atoms with van der Waals surface area (Å²) >= 11 is 5.82. The number of anilines is 1. The summed E-state index contributed by atoms with van der Waals surface area (Å²) in [4.78, 5) is 23.9. The largest absolute Gasteiger partial charge is 0.449 e. The molecule has 5 nitrogen and oxygen atoms in total. The highest BCUT2D eigenvalue weighted by atomic mass is 35.5. The van der Waals surface area contributed by atoms with E-state index >= 15 is 0 Å². The fourth-order valence-corrected chi connectivity index (χ4v) is 2.23. The number of carbonyl (C=O) groups excluding carboxylic acids is 2. The minimum absolute atomic E-state index is 0.0939. The Morgan fingerprint density at radius 1 is 1.15 bits per heavy atom. The number of hydrogen-bond donors (Lipinski definition) is 1. The van der Waals surface area contributed by atoms with Crippen LogP contribution in [0.5, 0.6) is 5.75 Å². The summed E-state index contributed by atoms with van der Waals surface area (Å²) in [6, 6.07) is 12.9. The summed E-state index contributed by atoms with van der Waals surface area (Å²) in [6.07, 6.45) is 1.70. The van der Waals surface area contributed by atoms with E-state index in [0.29, 0.717) is 0 Å². The molecule has 0 radical (unpaired) electrons. The molecule has 142 valence electrons. The molecular weight excluding hydrogens is 380 g/mol. The molecule has 0 saturated carbocycles. The first-order valence-electron chi connectivity index (χ1n) is 7.84. The SMILES string of the molecule is CC(OC(=O)/C=C/c1ccccc1)C(=O)Nc1ccc(OC(F)F)c(Cl)c1. The minimum atomic E-state index is -3.01. The van der Waals surface area contributed by atoms with Crippen molar-refractivity contribution >= 4 is 35.2 Å². The number of benzene rings is 2. The number of esters is 1. The van der Waals surface area contributed by atoms with Crippen LogP contribution in [-0.2, 0) is 14.3 Å². The van der Waals surface area contributed by atoms with Crippen LogP contribution in [-0.4, -0.2) is 24.6 Å². The molecule has 8 heteroatoms. The molecule has 0 fully saturated rings. The number of hydrogen-bond acceptors (Lipinski definition) is 4. The third kappa shape index (κ3) is 6.71. The summed E-state index contributed by atoms with van der Waals surface area (Å²) in [5.41, 5.74) is 1.06. The van der Waals surface area contributed by atoms with Crippen molar-refractivity contribution in [1.29, 1.82) is 0 Å². The first-order chi connectivity index (χ1) is 12.8. The Bertz CT molecular complexity index is 828. The lowest BCUT2D eigenvalue weighted by molar-refractivity contribution is -0.148. The van der Waals surface area contributed by atoms with Crippen molar-refractivity contribution in [3.8, 4) is 5.75 Å². The molecular formula is C19H16ClF2NO4. The Morgan fingerprint density at radius 2 is 1.85 bits per heavy atom. The number of amides is 1. The topological polar surface area (TPSA) is 64.6 Å². The fourth-order valence-electron chi connectivity index (χ4n) is 2.01. The van der Waals surface area contributed by atoms with Gasteiger partial charge in [0, 0.05) is 11.8 Å². The lowest BCUT2D eigenvalue weighted by Crippen LogP contribution is -2.29. The third-order valence-corrected chi connectivity index (χ3v) is 3.58. The molecule has 2 aromatic carbocycles. The minimum Gasteiger partial charge on any atom is -0.449 e. The van der Waals surface area contributed by atoms with Gasteiger partial charge in [-0.05, 0) is 36.8 Å². The normalized spacial score (nSPS) is 12.0. The molecule has 0 aliphatic heterocycles. The van der Waals surface area contributed by atoms with Gasteiger partial charge in [0.2, 0.25) is 0 Å². The van der Waals surface area contributed by atoms with Crippen LogP contribution >= 0.6 is 11.6 Å². The maximum Gasteiger partial charge on any atom is 0.387 e. The number of halogens is 3. The fraction of sp³-hybridized carbons (Fsp3) is 0.158. The predicted octanol–water partition coefficient (Wildman–Crippen LogP) is 4.53. The lowest BCUT2D eigenvalue weighted by Gasteiger charge is -2.13. The van der Waals surface area contributed by atoms with Gasteiger partial charge in [0.15, 0.2) is 6.10 Å². The molecule has 1 amide bonds. The van der Waals surface area contributed by atoms with Crippen LogP contribution < -0.4 is 10.1 Å². The molecule has 0 bridgehead atoms.